The maximum atomic E-state index is 12.8. The maximum Gasteiger partial charge on any atom is 0.123 e. The summed E-state index contributed by atoms with van der Waals surface area (Å²) in [6.07, 6.45) is 0.671. The van der Waals surface area contributed by atoms with E-state index in [1.807, 2.05) is 0 Å². The molecule has 0 aliphatic heterocycles. The normalized spacial score (nSPS) is 27.5. The highest BCUT2D eigenvalue weighted by Crippen LogP contribution is 2.44. The molecule has 1 fully saturated rings. The molecule has 1 aromatic carbocycles. The first-order valence-electron chi connectivity index (χ1n) is 5.77. The number of hydrogen-bond donors (Lipinski definition) is 2. The van der Waals surface area contributed by atoms with Crippen molar-refractivity contribution in [2.75, 3.05) is 6.54 Å². The van der Waals surface area contributed by atoms with Crippen molar-refractivity contribution in [1.82, 2.24) is 0 Å². The molecule has 0 spiro atoms. The molecular weight excluding hydrogens is 205 g/mol. The standard InChI is InChI=1S/C13H18FNO/c1-8-6-11(8)13(16)12(7-15)9-2-4-10(14)5-3-9/h2-5,8,11-13,16H,6-7,15H2,1H3. The summed E-state index contributed by atoms with van der Waals surface area (Å²) in [7, 11) is 0. The van der Waals surface area contributed by atoms with Gasteiger partial charge in [-0.2, -0.15) is 0 Å². The van der Waals surface area contributed by atoms with Crippen LogP contribution in [0.3, 0.4) is 0 Å². The Morgan fingerprint density at radius 1 is 1.44 bits per heavy atom. The van der Waals surface area contributed by atoms with E-state index < -0.39 is 6.10 Å². The summed E-state index contributed by atoms with van der Waals surface area (Å²) >= 11 is 0. The van der Waals surface area contributed by atoms with E-state index in [1.165, 1.54) is 12.1 Å². The lowest BCUT2D eigenvalue weighted by molar-refractivity contribution is 0.118. The molecule has 0 heterocycles. The Morgan fingerprint density at radius 3 is 2.44 bits per heavy atom. The molecular formula is C13H18FNO. The predicted octanol–water partition coefficient (Wildman–Crippen LogP) is 1.88. The number of benzene rings is 1. The smallest absolute Gasteiger partial charge is 0.123 e. The van der Waals surface area contributed by atoms with Gasteiger partial charge >= 0.3 is 0 Å². The van der Waals surface area contributed by atoms with Gasteiger partial charge in [-0.25, -0.2) is 4.39 Å². The fourth-order valence-corrected chi connectivity index (χ4v) is 2.31. The molecule has 4 unspecified atom stereocenters. The van der Waals surface area contributed by atoms with Gasteiger partial charge in [0, 0.05) is 12.5 Å². The summed E-state index contributed by atoms with van der Waals surface area (Å²) in [6.45, 7) is 2.53. The summed E-state index contributed by atoms with van der Waals surface area (Å²) < 4.78 is 12.8. The third-order valence-electron chi connectivity index (χ3n) is 3.57. The fourth-order valence-electron chi connectivity index (χ4n) is 2.31. The van der Waals surface area contributed by atoms with Crippen LogP contribution >= 0.6 is 0 Å². The average molecular weight is 223 g/mol. The van der Waals surface area contributed by atoms with Crippen molar-refractivity contribution in [3.05, 3.63) is 35.6 Å². The summed E-state index contributed by atoms with van der Waals surface area (Å²) in [4.78, 5) is 0. The van der Waals surface area contributed by atoms with E-state index in [4.69, 9.17) is 5.73 Å². The van der Waals surface area contributed by atoms with Crippen molar-refractivity contribution in [1.29, 1.82) is 0 Å². The molecule has 3 N–H and O–H groups in total. The minimum absolute atomic E-state index is 0.0736. The molecule has 1 aromatic rings. The first-order chi connectivity index (χ1) is 7.63. The molecule has 16 heavy (non-hydrogen) atoms. The molecule has 1 aliphatic carbocycles. The van der Waals surface area contributed by atoms with E-state index in [0.29, 0.717) is 18.4 Å². The number of aliphatic hydroxyl groups excluding tert-OH is 1. The summed E-state index contributed by atoms with van der Waals surface area (Å²) in [6, 6.07) is 6.26. The van der Waals surface area contributed by atoms with Gasteiger partial charge in [0.1, 0.15) is 5.82 Å². The zero-order chi connectivity index (χ0) is 11.7. The molecule has 88 valence electrons. The number of halogens is 1. The van der Waals surface area contributed by atoms with E-state index in [-0.39, 0.29) is 11.7 Å². The lowest BCUT2D eigenvalue weighted by Crippen LogP contribution is -2.28. The van der Waals surface area contributed by atoms with Gasteiger partial charge in [0.15, 0.2) is 0 Å². The van der Waals surface area contributed by atoms with E-state index in [0.717, 1.165) is 12.0 Å². The minimum Gasteiger partial charge on any atom is -0.392 e. The van der Waals surface area contributed by atoms with Gasteiger partial charge in [0.25, 0.3) is 0 Å². The molecule has 2 rings (SSSR count). The van der Waals surface area contributed by atoms with E-state index in [2.05, 4.69) is 6.92 Å². The molecule has 0 amide bonds. The Morgan fingerprint density at radius 2 is 2.00 bits per heavy atom. The first-order valence-corrected chi connectivity index (χ1v) is 5.77. The van der Waals surface area contributed by atoms with Gasteiger partial charge in [-0.15, -0.1) is 0 Å². The Labute approximate surface area is 95.3 Å². The van der Waals surface area contributed by atoms with Crippen LogP contribution in [0.15, 0.2) is 24.3 Å². The average Bonchev–Trinajstić information content (AvgIpc) is 2.99. The van der Waals surface area contributed by atoms with Crippen LogP contribution in [0, 0.1) is 17.7 Å². The third-order valence-corrected chi connectivity index (χ3v) is 3.57. The number of hydrogen-bond acceptors (Lipinski definition) is 2. The number of rotatable bonds is 4. The predicted molar refractivity (Wildman–Crippen MR) is 61.5 cm³/mol. The second-order valence-electron chi connectivity index (χ2n) is 4.76. The number of aliphatic hydroxyl groups is 1. The highest BCUT2D eigenvalue weighted by atomic mass is 19.1. The molecule has 0 radical (unpaired) electrons. The van der Waals surface area contributed by atoms with Gasteiger partial charge in [-0.3, -0.25) is 0 Å². The maximum absolute atomic E-state index is 12.8. The molecule has 1 saturated carbocycles. The van der Waals surface area contributed by atoms with Crippen molar-refractivity contribution in [2.24, 2.45) is 17.6 Å². The van der Waals surface area contributed by atoms with Crippen molar-refractivity contribution in [3.8, 4) is 0 Å². The lowest BCUT2D eigenvalue weighted by Gasteiger charge is -2.22. The Kier molecular flexibility index (Phi) is 3.26. The van der Waals surface area contributed by atoms with Crippen LogP contribution in [0.1, 0.15) is 24.8 Å². The van der Waals surface area contributed by atoms with E-state index in [1.54, 1.807) is 12.1 Å². The second-order valence-corrected chi connectivity index (χ2v) is 4.76. The highest BCUT2D eigenvalue weighted by Gasteiger charge is 2.42. The Balaban J connectivity index is 2.12. The zero-order valence-electron chi connectivity index (χ0n) is 9.44. The van der Waals surface area contributed by atoms with Crippen molar-refractivity contribution >= 4 is 0 Å². The summed E-state index contributed by atoms with van der Waals surface area (Å²) in [5.74, 6) is 0.618. The van der Waals surface area contributed by atoms with Gasteiger partial charge in [-0.05, 0) is 36.0 Å². The summed E-state index contributed by atoms with van der Waals surface area (Å²) in [5, 5.41) is 10.2. The second kappa shape index (κ2) is 4.52. The van der Waals surface area contributed by atoms with Crippen molar-refractivity contribution in [2.45, 2.75) is 25.4 Å². The third kappa shape index (κ3) is 2.25. The van der Waals surface area contributed by atoms with E-state index in [9.17, 15) is 9.50 Å². The topological polar surface area (TPSA) is 46.2 Å². The monoisotopic (exact) mass is 223 g/mol. The van der Waals surface area contributed by atoms with Crippen LogP contribution in [0.4, 0.5) is 4.39 Å². The van der Waals surface area contributed by atoms with Gasteiger partial charge in [-0.1, -0.05) is 19.1 Å². The lowest BCUT2D eigenvalue weighted by atomic mass is 9.90. The van der Waals surface area contributed by atoms with Crippen LogP contribution in [-0.2, 0) is 0 Å². The van der Waals surface area contributed by atoms with Crippen LogP contribution < -0.4 is 5.73 Å². The van der Waals surface area contributed by atoms with Gasteiger partial charge in [0.05, 0.1) is 6.10 Å². The summed E-state index contributed by atoms with van der Waals surface area (Å²) in [5.41, 5.74) is 6.63. The molecule has 1 aliphatic rings. The SMILES string of the molecule is CC1CC1C(O)C(CN)c1ccc(F)cc1. The van der Waals surface area contributed by atoms with Crippen LogP contribution in [0.25, 0.3) is 0 Å². The Hall–Kier alpha value is -0.930. The molecule has 3 heteroatoms. The molecule has 2 nitrogen and oxygen atoms in total. The van der Waals surface area contributed by atoms with Crippen molar-refractivity contribution in [3.63, 3.8) is 0 Å². The molecule has 0 bridgehead atoms. The number of nitrogens with two attached hydrogens (primary N) is 1. The quantitative estimate of drug-likeness (QED) is 0.818. The Bertz CT molecular complexity index is 351. The molecule has 0 saturated heterocycles. The molecule has 4 atom stereocenters. The largest absolute Gasteiger partial charge is 0.392 e. The van der Waals surface area contributed by atoms with Crippen LogP contribution in [0.2, 0.25) is 0 Å². The highest BCUT2D eigenvalue weighted by molar-refractivity contribution is 5.23. The van der Waals surface area contributed by atoms with E-state index >= 15 is 0 Å². The van der Waals surface area contributed by atoms with Crippen LogP contribution in [0.5, 0.6) is 0 Å². The van der Waals surface area contributed by atoms with Gasteiger partial charge < -0.3 is 10.8 Å². The zero-order valence-corrected chi connectivity index (χ0v) is 9.44. The van der Waals surface area contributed by atoms with Crippen LogP contribution in [-0.4, -0.2) is 17.8 Å². The first kappa shape index (κ1) is 11.6. The van der Waals surface area contributed by atoms with Gasteiger partial charge in [0.2, 0.25) is 0 Å². The fraction of sp³-hybridized carbons (Fsp3) is 0.538. The molecule has 0 aromatic heterocycles. The van der Waals surface area contributed by atoms with Crippen molar-refractivity contribution < 1.29 is 9.50 Å². The minimum atomic E-state index is -0.398.